The highest BCUT2D eigenvalue weighted by Gasteiger charge is 2.34. The average molecular weight is 304 g/mol. The first-order valence-electron chi connectivity index (χ1n) is 6.74. The Bertz CT molecular complexity index is 616. The van der Waals surface area contributed by atoms with Gasteiger partial charge in [-0.15, -0.1) is 0 Å². The smallest absolute Gasteiger partial charge is 0.232 e. The molecule has 3 rings (SSSR count). The molecule has 2 aromatic heterocycles. The first-order chi connectivity index (χ1) is 10.3. The van der Waals surface area contributed by atoms with Gasteiger partial charge in [-0.2, -0.15) is 16.7 Å². The lowest BCUT2D eigenvalue weighted by Crippen LogP contribution is -2.24. The van der Waals surface area contributed by atoms with Gasteiger partial charge < -0.3 is 9.42 Å². The molecule has 6 nitrogen and oxygen atoms in total. The molecule has 7 heteroatoms. The van der Waals surface area contributed by atoms with E-state index in [0.717, 1.165) is 11.3 Å². The summed E-state index contributed by atoms with van der Waals surface area (Å²) in [5.74, 6) is 2.12. The minimum Gasteiger partial charge on any atom is -0.339 e. The van der Waals surface area contributed by atoms with E-state index in [0.29, 0.717) is 31.2 Å². The van der Waals surface area contributed by atoms with E-state index in [9.17, 15) is 4.79 Å². The van der Waals surface area contributed by atoms with Gasteiger partial charge >= 0.3 is 0 Å². The summed E-state index contributed by atoms with van der Waals surface area (Å²) in [5.41, 5.74) is 1.08. The van der Waals surface area contributed by atoms with Crippen LogP contribution in [0.15, 0.2) is 29.0 Å². The Morgan fingerprint density at radius 1 is 1.43 bits per heavy atom. The van der Waals surface area contributed by atoms with Crippen LogP contribution in [0.2, 0.25) is 0 Å². The highest BCUT2D eigenvalue weighted by Crippen LogP contribution is 2.28. The topological polar surface area (TPSA) is 72.1 Å². The molecule has 0 aromatic carbocycles. The lowest BCUT2D eigenvalue weighted by molar-refractivity contribution is -0.128. The zero-order chi connectivity index (χ0) is 14.7. The largest absolute Gasteiger partial charge is 0.339 e. The molecule has 1 amide bonds. The van der Waals surface area contributed by atoms with Crippen LogP contribution in [0.4, 0.5) is 0 Å². The number of amides is 1. The van der Waals surface area contributed by atoms with Crippen LogP contribution in [-0.2, 0) is 17.1 Å². The Labute approximate surface area is 126 Å². The van der Waals surface area contributed by atoms with Crippen molar-refractivity contribution in [3.8, 4) is 0 Å². The summed E-state index contributed by atoms with van der Waals surface area (Å²) in [7, 11) is 0. The molecule has 0 bridgehead atoms. The molecule has 1 aliphatic rings. The highest BCUT2D eigenvalue weighted by molar-refractivity contribution is 7.97. The molecule has 1 atom stereocenters. The van der Waals surface area contributed by atoms with Gasteiger partial charge in [0.25, 0.3) is 0 Å². The summed E-state index contributed by atoms with van der Waals surface area (Å²) in [6, 6.07) is 3.84. The predicted molar refractivity (Wildman–Crippen MR) is 78.5 cm³/mol. The van der Waals surface area contributed by atoms with Crippen LogP contribution in [0.5, 0.6) is 0 Å². The van der Waals surface area contributed by atoms with E-state index in [1.807, 2.05) is 23.3 Å². The van der Waals surface area contributed by atoms with E-state index in [1.54, 1.807) is 24.2 Å². The third-order valence-electron chi connectivity index (χ3n) is 3.44. The molecule has 3 heterocycles. The minimum absolute atomic E-state index is 0.00226. The van der Waals surface area contributed by atoms with E-state index in [4.69, 9.17) is 4.52 Å². The quantitative estimate of drug-likeness (QED) is 0.839. The minimum atomic E-state index is 0.00226. The van der Waals surface area contributed by atoms with Crippen molar-refractivity contribution in [1.82, 2.24) is 20.0 Å². The van der Waals surface area contributed by atoms with Gasteiger partial charge in [0.1, 0.15) is 0 Å². The van der Waals surface area contributed by atoms with Crippen LogP contribution in [0.25, 0.3) is 0 Å². The summed E-state index contributed by atoms with van der Waals surface area (Å²) in [4.78, 5) is 22.3. The monoisotopic (exact) mass is 304 g/mol. The van der Waals surface area contributed by atoms with Crippen LogP contribution in [0, 0.1) is 0 Å². The number of rotatable bonds is 5. The lowest BCUT2D eigenvalue weighted by atomic mass is 10.1. The van der Waals surface area contributed by atoms with E-state index in [1.165, 1.54) is 0 Å². The number of hydrogen-bond acceptors (Lipinski definition) is 6. The molecule has 110 valence electrons. The molecule has 0 unspecified atom stereocenters. The Hall–Kier alpha value is -1.89. The van der Waals surface area contributed by atoms with Crippen molar-refractivity contribution in [3.05, 3.63) is 41.8 Å². The zero-order valence-electron chi connectivity index (χ0n) is 11.7. The standard InChI is InChI=1S/C14H16N4O2S/c1-21-9-12-16-14(20-17-12)11-6-13(19)18(8-11)7-10-2-4-15-5-3-10/h2-5,11H,6-9H2,1H3/t11-/m0/s1. The number of likely N-dealkylation sites (tertiary alicyclic amines) is 1. The number of thioether (sulfide) groups is 1. The summed E-state index contributed by atoms with van der Waals surface area (Å²) in [6.07, 6.45) is 5.90. The molecule has 0 radical (unpaired) electrons. The number of carbonyl (C=O) groups excluding carboxylic acids is 1. The molecule has 1 saturated heterocycles. The normalized spacial score (nSPS) is 18.4. The fraction of sp³-hybridized carbons (Fsp3) is 0.429. The van der Waals surface area contributed by atoms with E-state index in [-0.39, 0.29) is 11.8 Å². The Morgan fingerprint density at radius 3 is 3.00 bits per heavy atom. The van der Waals surface area contributed by atoms with Crippen molar-refractivity contribution in [3.63, 3.8) is 0 Å². The van der Waals surface area contributed by atoms with Crippen molar-refractivity contribution in [2.45, 2.75) is 24.6 Å². The molecule has 2 aromatic rings. The van der Waals surface area contributed by atoms with Gasteiger partial charge in [0.05, 0.1) is 11.7 Å². The first kappa shape index (κ1) is 14.1. The summed E-state index contributed by atoms with van der Waals surface area (Å²) < 4.78 is 5.28. The second-order valence-electron chi connectivity index (χ2n) is 5.01. The van der Waals surface area contributed by atoms with Gasteiger partial charge in [-0.05, 0) is 24.0 Å². The summed E-state index contributed by atoms with van der Waals surface area (Å²) in [5, 5.41) is 3.94. The van der Waals surface area contributed by atoms with Gasteiger partial charge in [0.15, 0.2) is 5.82 Å². The second-order valence-corrected chi connectivity index (χ2v) is 5.88. The lowest BCUT2D eigenvalue weighted by Gasteiger charge is -2.15. The van der Waals surface area contributed by atoms with Gasteiger partial charge in [-0.1, -0.05) is 5.16 Å². The van der Waals surface area contributed by atoms with Crippen molar-refractivity contribution >= 4 is 17.7 Å². The predicted octanol–water partition coefficient (Wildman–Crippen LogP) is 1.84. The molecule has 0 N–H and O–H groups in total. The number of nitrogens with zero attached hydrogens (tertiary/aromatic N) is 4. The maximum Gasteiger partial charge on any atom is 0.232 e. The molecule has 1 fully saturated rings. The third-order valence-corrected chi connectivity index (χ3v) is 3.99. The first-order valence-corrected chi connectivity index (χ1v) is 8.13. The van der Waals surface area contributed by atoms with Crippen LogP contribution < -0.4 is 0 Å². The molecule has 1 aliphatic heterocycles. The van der Waals surface area contributed by atoms with Crippen molar-refractivity contribution in [1.29, 1.82) is 0 Å². The fourth-order valence-corrected chi connectivity index (χ4v) is 2.80. The van der Waals surface area contributed by atoms with Crippen LogP contribution >= 0.6 is 11.8 Å². The number of carbonyl (C=O) groups is 1. The van der Waals surface area contributed by atoms with E-state index >= 15 is 0 Å². The second kappa shape index (κ2) is 6.26. The maximum atomic E-state index is 12.1. The SMILES string of the molecule is CSCc1noc([C@H]2CC(=O)N(Cc3ccncc3)C2)n1. The molecule has 21 heavy (non-hydrogen) atoms. The van der Waals surface area contributed by atoms with E-state index in [2.05, 4.69) is 15.1 Å². The zero-order valence-corrected chi connectivity index (χ0v) is 12.5. The average Bonchev–Trinajstić information content (AvgIpc) is 3.08. The van der Waals surface area contributed by atoms with Gasteiger partial charge in [0, 0.05) is 31.9 Å². The number of pyridine rings is 1. The molecular formula is C14H16N4O2S. The highest BCUT2D eigenvalue weighted by atomic mass is 32.2. The van der Waals surface area contributed by atoms with Crippen molar-refractivity contribution in [2.75, 3.05) is 12.8 Å². The maximum absolute atomic E-state index is 12.1. The Kier molecular flexibility index (Phi) is 4.19. The van der Waals surface area contributed by atoms with Crippen molar-refractivity contribution < 1.29 is 9.32 Å². The van der Waals surface area contributed by atoms with Crippen LogP contribution in [0.1, 0.15) is 29.6 Å². The number of hydrogen-bond donors (Lipinski definition) is 0. The molecule has 0 saturated carbocycles. The van der Waals surface area contributed by atoms with Crippen LogP contribution in [-0.4, -0.2) is 38.7 Å². The number of aromatic nitrogens is 3. The van der Waals surface area contributed by atoms with Crippen molar-refractivity contribution in [2.24, 2.45) is 0 Å². The Balaban J connectivity index is 1.66. The molecule has 0 spiro atoms. The van der Waals surface area contributed by atoms with E-state index < -0.39 is 0 Å². The molecular weight excluding hydrogens is 288 g/mol. The third kappa shape index (κ3) is 3.24. The fourth-order valence-electron chi connectivity index (χ4n) is 2.42. The van der Waals surface area contributed by atoms with Gasteiger partial charge in [0.2, 0.25) is 11.8 Å². The molecule has 0 aliphatic carbocycles. The summed E-state index contributed by atoms with van der Waals surface area (Å²) in [6.45, 7) is 1.23. The van der Waals surface area contributed by atoms with Gasteiger partial charge in [-0.3, -0.25) is 9.78 Å². The van der Waals surface area contributed by atoms with Crippen LogP contribution in [0.3, 0.4) is 0 Å². The Morgan fingerprint density at radius 2 is 2.24 bits per heavy atom. The van der Waals surface area contributed by atoms with Gasteiger partial charge in [-0.25, -0.2) is 0 Å². The summed E-state index contributed by atoms with van der Waals surface area (Å²) >= 11 is 1.65.